The zero-order chi connectivity index (χ0) is 20.6. The number of nitrogens with zero attached hydrogens (tertiary/aromatic N) is 2. The molecule has 3 aliphatic heterocycles. The number of amidine groups is 1. The molecule has 11 nitrogen and oxygen atoms in total. The third kappa shape index (κ3) is 3.71. The topological polar surface area (TPSA) is 175 Å². The summed E-state index contributed by atoms with van der Waals surface area (Å²) in [6.07, 6.45) is 0. The molecule has 0 aromatic heterocycles. The number of hydrogen-bond donors (Lipinski definition) is 4. The number of amides is 2. The second kappa shape index (κ2) is 7.83. The average molecular weight is 427 g/mol. The molecule has 1 saturated heterocycles. The first-order chi connectivity index (χ1) is 13.2. The minimum atomic E-state index is -1.31. The van der Waals surface area contributed by atoms with Crippen LogP contribution in [0.25, 0.3) is 0 Å². The van der Waals surface area contributed by atoms with Crippen molar-refractivity contribution in [3.8, 4) is 0 Å². The first-order valence-electron chi connectivity index (χ1n) is 8.09. The van der Waals surface area contributed by atoms with Crippen molar-refractivity contribution in [2.24, 2.45) is 10.7 Å². The monoisotopic (exact) mass is 427 g/mol. The molecule has 5 N–H and O–H groups in total. The Kier molecular flexibility index (Phi) is 5.65. The minimum absolute atomic E-state index is 0.221. The fourth-order valence-electron chi connectivity index (χ4n) is 2.89. The molecule has 0 spiro atoms. The molecular formula is C15H17N5O6S2. The number of thioether (sulfide) groups is 2. The van der Waals surface area contributed by atoms with Crippen LogP contribution in [-0.4, -0.2) is 80.2 Å². The highest BCUT2D eigenvalue weighted by Crippen LogP contribution is 2.40. The van der Waals surface area contributed by atoms with E-state index in [0.29, 0.717) is 16.5 Å². The van der Waals surface area contributed by atoms with Crippen molar-refractivity contribution < 1.29 is 29.0 Å². The number of carbonyl (C=O) groups is 4. The van der Waals surface area contributed by atoms with E-state index in [1.165, 1.54) is 30.4 Å². The molecule has 3 aliphatic rings. The Morgan fingerprint density at radius 2 is 2.18 bits per heavy atom. The number of esters is 1. The van der Waals surface area contributed by atoms with Crippen LogP contribution in [-0.2, 0) is 23.9 Å². The second-order valence-corrected chi connectivity index (χ2v) is 8.25. The molecular weight excluding hydrogens is 410 g/mol. The molecule has 0 radical (unpaired) electrons. The largest absolute Gasteiger partial charge is 0.477 e. The van der Waals surface area contributed by atoms with Gasteiger partial charge in [0.1, 0.15) is 35.5 Å². The van der Waals surface area contributed by atoms with E-state index in [9.17, 15) is 24.3 Å². The highest BCUT2D eigenvalue weighted by atomic mass is 32.2. The van der Waals surface area contributed by atoms with Gasteiger partial charge >= 0.3 is 11.9 Å². The molecule has 13 heteroatoms. The summed E-state index contributed by atoms with van der Waals surface area (Å²) in [5.74, 6) is -2.60. The van der Waals surface area contributed by atoms with E-state index in [4.69, 9.17) is 15.9 Å². The van der Waals surface area contributed by atoms with E-state index in [0.717, 1.165) is 4.90 Å². The number of aliphatic imine (C=N–C) groups is 1. The smallest absolute Gasteiger partial charge is 0.352 e. The maximum atomic E-state index is 12.5. The van der Waals surface area contributed by atoms with Gasteiger partial charge in [-0.3, -0.25) is 29.7 Å². The standard InChI is InChI=1S/C15H17N5O6S2/c1-5(21)26-2-6-3-27-13-9(12(23)20(13)10(6)14(24)25)19-11(22)8(16)7-4-28-15(17)18-7/h7,9,13,16H,2-4H2,1H3,(H2,17,18)(H,19,22)(H,24,25)/t7?,9-,13-/m1/s1. The van der Waals surface area contributed by atoms with E-state index in [2.05, 4.69) is 10.3 Å². The van der Waals surface area contributed by atoms with Crippen LogP contribution >= 0.6 is 23.5 Å². The molecule has 0 aliphatic carbocycles. The lowest BCUT2D eigenvalue weighted by molar-refractivity contribution is -0.150. The van der Waals surface area contributed by atoms with Crippen molar-refractivity contribution in [2.75, 3.05) is 18.1 Å². The Hall–Kier alpha value is -2.54. The summed E-state index contributed by atoms with van der Waals surface area (Å²) in [5.41, 5.74) is 5.31. The maximum absolute atomic E-state index is 12.5. The first-order valence-corrected chi connectivity index (χ1v) is 10.1. The molecule has 1 fully saturated rings. The van der Waals surface area contributed by atoms with Crippen molar-refractivity contribution in [3.05, 3.63) is 11.3 Å². The van der Waals surface area contributed by atoms with E-state index >= 15 is 0 Å². The number of ether oxygens (including phenoxy) is 1. The number of fused-ring (bicyclic) bond motifs is 1. The Labute approximate surface area is 167 Å². The molecule has 3 rings (SSSR count). The van der Waals surface area contributed by atoms with Crippen LogP contribution in [0.15, 0.2) is 16.3 Å². The lowest BCUT2D eigenvalue weighted by Crippen LogP contribution is -2.71. The maximum Gasteiger partial charge on any atom is 0.352 e. The fourth-order valence-corrected chi connectivity index (χ4v) is 4.99. The van der Waals surface area contributed by atoms with Crippen molar-refractivity contribution in [1.82, 2.24) is 10.2 Å². The minimum Gasteiger partial charge on any atom is -0.477 e. The summed E-state index contributed by atoms with van der Waals surface area (Å²) in [6, 6.07) is -1.61. The number of carbonyl (C=O) groups excluding carboxylic acids is 3. The molecule has 0 aromatic carbocycles. The summed E-state index contributed by atoms with van der Waals surface area (Å²) < 4.78 is 4.86. The number of nitrogens with one attached hydrogen (secondary N) is 2. The fraction of sp³-hybridized carbons (Fsp3) is 0.467. The highest BCUT2D eigenvalue weighted by molar-refractivity contribution is 8.14. The van der Waals surface area contributed by atoms with E-state index in [1.807, 2.05) is 0 Å². The third-order valence-corrected chi connectivity index (χ3v) is 6.46. The van der Waals surface area contributed by atoms with Gasteiger partial charge in [0.15, 0.2) is 5.17 Å². The highest BCUT2D eigenvalue weighted by Gasteiger charge is 2.54. The molecule has 3 heterocycles. The molecule has 0 saturated carbocycles. The SMILES string of the molecule is CC(=O)OCC1=C(C(=O)O)N2C(=O)[C@@H](NC(=O)C(=N)C3CSC(N)=N3)[C@H]2SC1. The van der Waals surface area contributed by atoms with Gasteiger partial charge in [0.2, 0.25) is 0 Å². The van der Waals surface area contributed by atoms with E-state index in [1.54, 1.807) is 0 Å². The van der Waals surface area contributed by atoms with Crippen molar-refractivity contribution in [3.63, 3.8) is 0 Å². The molecule has 3 atom stereocenters. The number of rotatable bonds is 6. The van der Waals surface area contributed by atoms with Gasteiger partial charge in [0.05, 0.1) is 0 Å². The summed E-state index contributed by atoms with van der Waals surface area (Å²) >= 11 is 2.49. The van der Waals surface area contributed by atoms with Gasteiger partial charge in [-0.15, -0.1) is 11.8 Å². The van der Waals surface area contributed by atoms with Crippen LogP contribution in [0.3, 0.4) is 0 Å². The van der Waals surface area contributed by atoms with Crippen molar-refractivity contribution in [2.45, 2.75) is 24.4 Å². The van der Waals surface area contributed by atoms with Gasteiger partial charge < -0.3 is 20.9 Å². The quantitative estimate of drug-likeness (QED) is 0.229. The van der Waals surface area contributed by atoms with Gasteiger partial charge in [-0.05, 0) is 0 Å². The summed E-state index contributed by atoms with van der Waals surface area (Å²) in [6.45, 7) is 0.983. The van der Waals surface area contributed by atoms with Crippen molar-refractivity contribution in [1.29, 1.82) is 5.41 Å². The van der Waals surface area contributed by atoms with E-state index in [-0.39, 0.29) is 23.8 Å². The van der Waals surface area contributed by atoms with Gasteiger partial charge in [-0.1, -0.05) is 11.8 Å². The molecule has 0 aromatic rings. The number of carboxylic acids is 1. The van der Waals surface area contributed by atoms with Crippen LogP contribution in [0, 0.1) is 5.41 Å². The van der Waals surface area contributed by atoms with Crippen LogP contribution in [0.4, 0.5) is 0 Å². The van der Waals surface area contributed by atoms with Crippen LogP contribution in [0.1, 0.15) is 6.92 Å². The van der Waals surface area contributed by atoms with Crippen LogP contribution in [0.2, 0.25) is 0 Å². The lowest BCUT2D eigenvalue weighted by Gasteiger charge is -2.49. The predicted molar refractivity (Wildman–Crippen MR) is 102 cm³/mol. The number of aliphatic carboxylic acids is 1. The first kappa shape index (κ1) is 20.2. The van der Waals surface area contributed by atoms with Crippen LogP contribution in [0.5, 0.6) is 0 Å². The van der Waals surface area contributed by atoms with Gasteiger partial charge in [-0.2, -0.15) is 0 Å². The molecule has 150 valence electrons. The molecule has 2 amide bonds. The third-order valence-electron chi connectivity index (χ3n) is 4.24. The Morgan fingerprint density at radius 1 is 1.46 bits per heavy atom. The van der Waals surface area contributed by atoms with E-state index < -0.39 is 41.2 Å². The van der Waals surface area contributed by atoms with Gasteiger partial charge in [-0.25, -0.2) is 4.79 Å². The number of β-lactam (4-membered cyclic amide) rings is 1. The number of hydrogen-bond acceptors (Lipinski definition) is 10. The number of carboxylic acid groups (broad SMARTS) is 1. The van der Waals surface area contributed by atoms with Crippen molar-refractivity contribution >= 4 is 58.2 Å². The summed E-state index contributed by atoms with van der Waals surface area (Å²) in [5, 5.41) is 19.6. The molecule has 28 heavy (non-hydrogen) atoms. The average Bonchev–Trinajstić information content (AvgIpc) is 3.08. The number of nitrogens with two attached hydrogens (primary N) is 1. The zero-order valence-electron chi connectivity index (χ0n) is 14.6. The Balaban J connectivity index is 1.69. The molecule has 0 bridgehead atoms. The Bertz CT molecular complexity index is 841. The predicted octanol–water partition coefficient (Wildman–Crippen LogP) is -1.26. The normalized spacial score (nSPS) is 26.2. The zero-order valence-corrected chi connectivity index (χ0v) is 16.3. The summed E-state index contributed by atoms with van der Waals surface area (Å²) in [4.78, 5) is 52.5. The van der Waals surface area contributed by atoms with Gasteiger partial charge in [0.25, 0.3) is 11.8 Å². The van der Waals surface area contributed by atoms with Crippen LogP contribution < -0.4 is 11.1 Å². The van der Waals surface area contributed by atoms with Gasteiger partial charge in [0, 0.05) is 24.0 Å². The summed E-state index contributed by atoms with van der Waals surface area (Å²) in [7, 11) is 0. The second-order valence-electron chi connectivity index (χ2n) is 6.11. The Morgan fingerprint density at radius 3 is 2.75 bits per heavy atom. The molecule has 1 unspecified atom stereocenters. The lowest BCUT2D eigenvalue weighted by atomic mass is 10.0.